The highest BCUT2D eigenvalue weighted by molar-refractivity contribution is 6.10. The Kier molecular flexibility index (Phi) is 7.21. The Balaban J connectivity index is 1.61. The molecule has 0 aromatic heterocycles. The molecular weight excluding hydrogens is 370 g/mol. The first kappa shape index (κ1) is 20.8. The zero-order chi connectivity index (χ0) is 20.6. The molecule has 0 unspecified atom stereocenters. The van der Waals surface area contributed by atoms with Crippen LogP contribution < -0.4 is 15.4 Å². The number of nitrogens with one attached hydrogen (secondary N) is 2. The number of rotatable bonds is 7. The molecule has 7 heteroatoms. The summed E-state index contributed by atoms with van der Waals surface area (Å²) in [7, 11) is 0. The first-order valence-electron chi connectivity index (χ1n) is 9.88. The van der Waals surface area contributed by atoms with Crippen molar-refractivity contribution in [1.29, 1.82) is 0 Å². The van der Waals surface area contributed by atoms with E-state index < -0.39 is 0 Å². The largest absolute Gasteiger partial charge is 0.494 e. The van der Waals surface area contributed by atoms with Crippen molar-refractivity contribution in [3.8, 4) is 5.75 Å². The van der Waals surface area contributed by atoms with Crippen molar-refractivity contribution in [3.05, 3.63) is 54.1 Å². The number of para-hydroxylation sites is 1. The molecular formula is C22H27N3O4. The number of carbonyl (C=O) groups excluding carboxylic acids is 2. The average molecular weight is 397 g/mol. The summed E-state index contributed by atoms with van der Waals surface area (Å²) in [6, 6.07) is 14.1. The van der Waals surface area contributed by atoms with Gasteiger partial charge in [-0.25, -0.2) is 0 Å². The number of anilines is 2. The van der Waals surface area contributed by atoms with Gasteiger partial charge in [-0.1, -0.05) is 12.1 Å². The molecule has 3 rings (SSSR count). The molecule has 1 aliphatic heterocycles. The molecule has 0 bridgehead atoms. The van der Waals surface area contributed by atoms with Gasteiger partial charge >= 0.3 is 0 Å². The number of amides is 2. The molecule has 7 nitrogen and oxygen atoms in total. The highest BCUT2D eigenvalue weighted by atomic mass is 16.5. The maximum atomic E-state index is 12.7. The molecule has 29 heavy (non-hydrogen) atoms. The Morgan fingerprint density at radius 1 is 1.07 bits per heavy atom. The van der Waals surface area contributed by atoms with Crippen LogP contribution in [0.2, 0.25) is 0 Å². The molecule has 0 spiro atoms. The molecule has 1 heterocycles. The van der Waals surface area contributed by atoms with Gasteiger partial charge in [0, 0.05) is 18.8 Å². The van der Waals surface area contributed by atoms with Crippen LogP contribution in [0.25, 0.3) is 0 Å². The molecule has 0 atom stereocenters. The molecule has 0 radical (unpaired) electrons. The third-order valence-corrected chi connectivity index (χ3v) is 4.79. The van der Waals surface area contributed by atoms with Crippen molar-refractivity contribution in [3.63, 3.8) is 0 Å². The van der Waals surface area contributed by atoms with Gasteiger partial charge in [-0.3, -0.25) is 14.5 Å². The third kappa shape index (κ3) is 6.04. The van der Waals surface area contributed by atoms with Crippen LogP contribution in [0.15, 0.2) is 48.5 Å². The number of piperidine rings is 1. The molecule has 154 valence electrons. The molecule has 2 amide bonds. The standard InChI is InChI=1S/C22H27N3O4/c1-2-29-18-9-7-16(8-10-18)23-22(28)19-5-3-4-6-20(19)24-21(27)15-25-13-11-17(26)12-14-25/h3-10,17,26H,2,11-15H2,1H3,(H,23,28)(H,24,27). The highest BCUT2D eigenvalue weighted by Crippen LogP contribution is 2.20. The molecule has 2 aromatic rings. The van der Waals surface area contributed by atoms with Crippen LogP contribution in [0.5, 0.6) is 5.75 Å². The maximum absolute atomic E-state index is 12.7. The van der Waals surface area contributed by atoms with Crippen molar-refractivity contribution in [2.45, 2.75) is 25.9 Å². The molecule has 1 aliphatic rings. The van der Waals surface area contributed by atoms with Crippen LogP contribution in [-0.4, -0.2) is 54.2 Å². The van der Waals surface area contributed by atoms with E-state index in [0.717, 1.165) is 5.75 Å². The summed E-state index contributed by atoms with van der Waals surface area (Å²) in [5.41, 5.74) is 1.51. The minimum absolute atomic E-state index is 0.178. The number of benzene rings is 2. The predicted molar refractivity (Wildman–Crippen MR) is 112 cm³/mol. The predicted octanol–water partition coefficient (Wildman–Crippen LogP) is 2.73. The maximum Gasteiger partial charge on any atom is 0.257 e. The lowest BCUT2D eigenvalue weighted by atomic mass is 10.1. The highest BCUT2D eigenvalue weighted by Gasteiger charge is 2.20. The van der Waals surface area contributed by atoms with Crippen LogP contribution in [0.1, 0.15) is 30.1 Å². The molecule has 0 saturated carbocycles. The van der Waals surface area contributed by atoms with E-state index in [-0.39, 0.29) is 24.5 Å². The third-order valence-electron chi connectivity index (χ3n) is 4.79. The number of likely N-dealkylation sites (tertiary alicyclic amines) is 1. The number of aliphatic hydroxyl groups excluding tert-OH is 1. The lowest BCUT2D eigenvalue weighted by Gasteiger charge is -2.28. The van der Waals surface area contributed by atoms with E-state index in [2.05, 4.69) is 10.6 Å². The van der Waals surface area contributed by atoms with Gasteiger partial charge in [0.05, 0.1) is 30.5 Å². The van der Waals surface area contributed by atoms with Gasteiger partial charge in [-0.05, 0) is 56.2 Å². The molecule has 3 N–H and O–H groups in total. The number of carbonyl (C=O) groups is 2. The second-order valence-corrected chi connectivity index (χ2v) is 7.01. The minimum Gasteiger partial charge on any atom is -0.494 e. The monoisotopic (exact) mass is 397 g/mol. The SMILES string of the molecule is CCOc1ccc(NC(=O)c2ccccc2NC(=O)CN2CCC(O)CC2)cc1. The van der Waals surface area contributed by atoms with Gasteiger partial charge in [0.25, 0.3) is 5.91 Å². The van der Waals surface area contributed by atoms with Crippen LogP contribution in [0, 0.1) is 0 Å². The minimum atomic E-state index is -0.300. The van der Waals surface area contributed by atoms with Crippen LogP contribution in [0.3, 0.4) is 0 Å². The molecule has 1 saturated heterocycles. The van der Waals surface area contributed by atoms with E-state index in [1.54, 1.807) is 48.5 Å². The zero-order valence-corrected chi connectivity index (χ0v) is 16.6. The number of aliphatic hydroxyl groups is 1. The van der Waals surface area contributed by atoms with Gasteiger partial charge in [0.1, 0.15) is 5.75 Å². The normalized spacial score (nSPS) is 15.0. The first-order valence-corrected chi connectivity index (χ1v) is 9.88. The van der Waals surface area contributed by atoms with Gasteiger partial charge < -0.3 is 20.5 Å². The van der Waals surface area contributed by atoms with Gasteiger partial charge in [0.2, 0.25) is 5.91 Å². The van der Waals surface area contributed by atoms with Gasteiger partial charge in [0.15, 0.2) is 0 Å². The molecule has 2 aromatic carbocycles. The van der Waals surface area contributed by atoms with E-state index in [1.807, 2.05) is 11.8 Å². The van der Waals surface area contributed by atoms with E-state index in [9.17, 15) is 14.7 Å². The lowest BCUT2D eigenvalue weighted by Crippen LogP contribution is -2.40. The quantitative estimate of drug-likeness (QED) is 0.668. The fraction of sp³-hybridized carbons (Fsp3) is 0.364. The fourth-order valence-corrected chi connectivity index (χ4v) is 3.26. The second kappa shape index (κ2) is 10.0. The zero-order valence-electron chi connectivity index (χ0n) is 16.6. The van der Waals surface area contributed by atoms with Crippen molar-refractivity contribution >= 4 is 23.2 Å². The molecule has 0 aliphatic carbocycles. The van der Waals surface area contributed by atoms with Crippen molar-refractivity contribution < 1.29 is 19.4 Å². The molecule has 1 fully saturated rings. The number of ether oxygens (including phenoxy) is 1. The summed E-state index contributed by atoms with van der Waals surface area (Å²) in [5, 5.41) is 15.3. The van der Waals surface area contributed by atoms with E-state index in [0.29, 0.717) is 49.5 Å². The van der Waals surface area contributed by atoms with Crippen LogP contribution in [-0.2, 0) is 4.79 Å². The van der Waals surface area contributed by atoms with E-state index >= 15 is 0 Å². The van der Waals surface area contributed by atoms with Crippen LogP contribution in [0.4, 0.5) is 11.4 Å². The summed E-state index contributed by atoms with van der Waals surface area (Å²) < 4.78 is 5.40. The van der Waals surface area contributed by atoms with E-state index in [1.165, 1.54) is 0 Å². The number of hydrogen-bond donors (Lipinski definition) is 3. The Morgan fingerprint density at radius 3 is 2.45 bits per heavy atom. The second-order valence-electron chi connectivity index (χ2n) is 7.01. The van der Waals surface area contributed by atoms with Crippen molar-refractivity contribution in [2.24, 2.45) is 0 Å². The van der Waals surface area contributed by atoms with Crippen molar-refractivity contribution in [1.82, 2.24) is 4.90 Å². The Labute approximate surface area is 170 Å². The van der Waals surface area contributed by atoms with Gasteiger partial charge in [-0.15, -0.1) is 0 Å². The summed E-state index contributed by atoms with van der Waals surface area (Å²) in [4.78, 5) is 27.2. The Bertz CT molecular complexity index is 830. The topological polar surface area (TPSA) is 90.9 Å². The van der Waals surface area contributed by atoms with Gasteiger partial charge in [-0.2, -0.15) is 0 Å². The summed E-state index contributed by atoms with van der Waals surface area (Å²) in [6.45, 7) is 4.11. The number of hydrogen-bond acceptors (Lipinski definition) is 5. The average Bonchev–Trinajstić information content (AvgIpc) is 2.72. The van der Waals surface area contributed by atoms with Crippen molar-refractivity contribution in [2.75, 3.05) is 36.9 Å². The summed E-state index contributed by atoms with van der Waals surface area (Å²) >= 11 is 0. The van der Waals surface area contributed by atoms with Crippen LogP contribution >= 0.6 is 0 Å². The first-order chi connectivity index (χ1) is 14.0. The summed E-state index contributed by atoms with van der Waals surface area (Å²) in [5.74, 6) is 0.261. The smallest absolute Gasteiger partial charge is 0.257 e. The Morgan fingerprint density at radius 2 is 1.76 bits per heavy atom. The Hall–Kier alpha value is -2.90. The number of nitrogens with zero attached hydrogens (tertiary/aromatic N) is 1. The summed E-state index contributed by atoms with van der Waals surface area (Å²) in [6.07, 6.45) is 1.07. The van der Waals surface area contributed by atoms with E-state index in [4.69, 9.17) is 4.74 Å². The fourth-order valence-electron chi connectivity index (χ4n) is 3.26. The lowest BCUT2D eigenvalue weighted by molar-refractivity contribution is -0.117.